The Morgan fingerprint density at radius 3 is 2.53 bits per heavy atom. The molecule has 0 saturated heterocycles. The third-order valence-corrected chi connectivity index (χ3v) is 4.70. The van der Waals surface area contributed by atoms with Gasteiger partial charge in [0.1, 0.15) is 0 Å². The summed E-state index contributed by atoms with van der Waals surface area (Å²) in [7, 11) is 0. The second-order valence-electron chi connectivity index (χ2n) is 3.60. The van der Waals surface area contributed by atoms with Gasteiger partial charge in [-0.1, -0.05) is 45.2 Å². The number of aromatic nitrogens is 2. The van der Waals surface area contributed by atoms with E-state index >= 15 is 0 Å². The van der Waals surface area contributed by atoms with Crippen LogP contribution in [-0.2, 0) is 6.42 Å². The summed E-state index contributed by atoms with van der Waals surface area (Å²) in [6.07, 6.45) is 8.19. The minimum Gasteiger partial charge on any atom is -0.253 e. The first-order valence-electron chi connectivity index (χ1n) is 5.04. The van der Waals surface area contributed by atoms with Crippen molar-refractivity contribution in [1.82, 2.24) is 9.97 Å². The fraction of sp³-hybridized carbons (Fsp3) is 0.455. The molecule has 2 rings (SSSR count). The van der Waals surface area contributed by atoms with E-state index < -0.39 is 0 Å². The molecular weight excluding hydrogens is 320 g/mol. The number of hydrogen-bond acceptors (Lipinski definition) is 2. The van der Waals surface area contributed by atoms with Crippen molar-refractivity contribution in [2.24, 2.45) is 0 Å². The zero-order valence-corrected chi connectivity index (χ0v) is 11.6. The van der Waals surface area contributed by atoms with E-state index in [0.717, 1.165) is 29.2 Å². The third-order valence-electron chi connectivity index (χ3n) is 2.32. The minimum absolute atomic E-state index is 0.302. The fourth-order valence-corrected chi connectivity index (χ4v) is 2.37. The van der Waals surface area contributed by atoms with E-state index in [4.69, 9.17) is 0 Å². The molecule has 0 N–H and O–H groups in total. The van der Waals surface area contributed by atoms with E-state index in [1.807, 2.05) is 6.20 Å². The number of fused-ring (bicyclic) bond motifs is 1. The smallest absolute Gasteiger partial charge is 0.0859 e. The lowest BCUT2D eigenvalue weighted by molar-refractivity contribution is 0.852. The maximum absolute atomic E-state index is 4.59. The molecule has 0 bridgehead atoms. The van der Waals surface area contributed by atoms with Crippen LogP contribution in [0.15, 0.2) is 6.20 Å². The van der Waals surface area contributed by atoms with E-state index in [9.17, 15) is 0 Å². The van der Waals surface area contributed by atoms with Crippen molar-refractivity contribution in [1.29, 1.82) is 0 Å². The quantitative estimate of drug-likeness (QED) is 0.768. The molecule has 1 aliphatic rings. The van der Waals surface area contributed by atoms with E-state index in [1.165, 1.54) is 0 Å². The highest BCUT2D eigenvalue weighted by Gasteiger charge is 2.14. The monoisotopic (exact) mass is 330 g/mol. The summed E-state index contributed by atoms with van der Waals surface area (Å²) in [4.78, 5) is 9.61. The Morgan fingerprint density at radius 1 is 1.20 bits per heavy atom. The summed E-state index contributed by atoms with van der Waals surface area (Å²) in [6.45, 7) is 2.15. The van der Waals surface area contributed by atoms with Crippen LogP contribution in [-0.4, -0.2) is 19.6 Å². The topological polar surface area (TPSA) is 25.8 Å². The molecule has 1 aromatic heterocycles. The summed E-state index contributed by atoms with van der Waals surface area (Å²) in [6, 6.07) is 0. The van der Waals surface area contributed by atoms with Crippen LogP contribution < -0.4 is 10.7 Å². The van der Waals surface area contributed by atoms with Crippen molar-refractivity contribution in [2.45, 2.75) is 29.4 Å². The van der Waals surface area contributed by atoms with Gasteiger partial charge >= 0.3 is 0 Å². The molecule has 2 atom stereocenters. The molecule has 1 heterocycles. The van der Waals surface area contributed by atoms with Gasteiger partial charge in [0.05, 0.1) is 26.0 Å². The Balaban J connectivity index is 2.49. The average Bonchev–Trinajstić information content (AvgIpc) is 2.21. The van der Waals surface area contributed by atoms with Crippen molar-refractivity contribution in [3.8, 4) is 0 Å². The van der Waals surface area contributed by atoms with Crippen LogP contribution in [0.1, 0.15) is 19.0 Å². The van der Waals surface area contributed by atoms with Crippen LogP contribution in [0.3, 0.4) is 0 Å². The fourth-order valence-electron chi connectivity index (χ4n) is 1.56. The number of hydrogen-bond donors (Lipinski definition) is 0. The molecule has 15 heavy (non-hydrogen) atoms. The lowest BCUT2D eigenvalue weighted by Crippen LogP contribution is -2.38. The molecule has 2 nitrogen and oxygen atoms in total. The predicted octanol–water partition coefficient (Wildman–Crippen LogP) is 1.53. The Labute approximate surface area is 106 Å². The first-order chi connectivity index (χ1) is 7.20. The van der Waals surface area contributed by atoms with E-state index in [-0.39, 0.29) is 0 Å². The maximum Gasteiger partial charge on any atom is 0.0859 e. The van der Waals surface area contributed by atoms with Crippen molar-refractivity contribution < 1.29 is 0 Å². The van der Waals surface area contributed by atoms with Crippen LogP contribution in [0.25, 0.3) is 12.2 Å². The molecular formula is C11H12Br2N2. The molecule has 2 unspecified atom stereocenters. The van der Waals surface area contributed by atoms with Crippen molar-refractivity contribution in [2.75, 3.05) is 0 Å². The standard InChI is InChI=1S/C11H12Br2N2/c1-2-3-7-6-14-10-4-8(12)9(13)5-11(10)15-7/h4-6,8-9H,2-3H2,1H3. The van der Waals surface area contributed by atoms with Crippen molar-refractivity contribution >= 4 is 44.0 Å². The minimum atomic E-state index is 0.302. The molecule has 0 aliphatic heterocycles. The zero-order chi connectivity index (χ0) is 10.8. The van der Waals surface area contributed by atoms with Gasteiger partial charge in [-0.25, -0.2) is 4.98 Å². The number of nitrogens with zero attached hydrogens (tertiary/aromatic N) is 2. The van der Waals surface area contributed by atoms with Gasteiger partial charge in [0.15, 0.2) is 0 Å². The van der Waals surface area contributed by atoms with Crippen LogP contribution in [0.5, 0.6) is 0 Å². The summed E-state index contributed by atoms with van der Waals surface area (Å²) < 4.78 is 0. The van der Waals surface area contributed by atoms with Crippen LogP contribution >= 0.6 is 31.9 Å². The highest BCUT2D eigenvalue weighted by Crippen LogP contribution is 2.17. The second-order valence-corrected chi connectivity index (χ2v) is 5.72. The van der Waals surface area contributed by atoms with Crippen molar-refractivity contribution in [3.05, 3.63) is 22.6 Å². The van der Waals surface area contributed by atoms with E-state index in [0.29, 0.717) is 9.65 Å². The van der Waals surface area contributed by atoms with Crippen LogP contribution in [0, 0.1) is 0 Å². The summed E-state index contributed by atoms with van der Waals surface area (Å²) in [5, 5.41) is 1.98. The molecule has 80 valence electrons. The molecule has 0 fully saturated rings. The van der Waals surface area contributed by atoms with Gasteiger partial charge in [-0.3, -0.25) is 4.98 Å². The Bertz CT molecular complexity index is 470. The molecule has 0 radical (unpaired) electrons. The summed E-state index contributed by atoms with van der Waals surface area (Å²) >= 11 is 7.16. The van der Waals surface area contributed by atoms with Crippen LogP contribution in [0.4, 0.5) is 0 Å². The Kier molecular flexibility index (Phi) is 3.57. The van der Waals surface area contributed by atoms with Gasteiger partial charge in [-0.2, -0.15) is 0 Å². The molecule has 0 aromatic carbocycles. The highest BCUT2D eigenvalue weighted by molar-refractivity contribution is 9.12. The van der Waals surface area contributed by atoms with Crippen LogP contribution in [0.2, 0.25) is 0 Å². The third kappa shape index (κ3) is 2.48. The zero-order valence-electron chi connectivity index (χ0n) is 8.45. The molecule has 0 saturated carbocycles. The first kappa shape index (κ1) is 11.3. The number of alkyl halides is 2. The summed E-state index contributed by atoms with van der Waals surface area (Å²) in [5.74, 6) is 0. The normalized spacial score (nSPS) is 23.9. The second kappa shape index (κ2) is 4.74. The molecule has 0 amide bonds. The molecule has 1 aromatic rings. The lowest BCUT2D eigenvalue weighted by Gasteiger charge is -2.12. The highest BCUT2D eigenvalue weighted by atomic mass is 79.9. The Morgan fingerprint density at radius 2 is 1.87 bits per heavy atom. The molecule has 1 aliphatic carbocycles. The van der Waals surface area contributed by atoms with Gasteiger partial charge in [0, 0.05) is 6.20 Å². The maximum atomic E-state index is 4.59. The predicted molar refractivity (Wildman–Crippen MR) is 69.6 cm³/mol. The number of halogens is 2. The van der Waals surface area contributed by atoms with E-state index in [1.54, 1.807) is 0 Å². The van der Waals surface area contributed by atoms with Gasteiger partial charge in [-0.15, -0.1) is 0 Å². The SMILES string of the molecule is CCCc1cnc2c(n1)=CC(Br)C(Br)C=2. The van der Waals surface area contributed by atoms with Gasteiger partial charge in [0.2, 0.25) is 0 Å². The van der Waals surface area contributed by atoms with Crippen molar-refractivity contribution in [3.63, 3.8) is 0 Å². The molecule has 4 heteroatoms. The van der Waals surface area contributed by atoms with E-state index in [2.05, 4.69) is 60.9 Å². The van der Waals surface area contributed by atoms with Gasteiger partial charge < -0.3 is 0 Å². The average molecular weight is 332 g/mol. The first-order valence-corrected chi connectivity index (χ1v) is 6.87. The summed E-state index contributed by atoms with van der Waals surface area (Å²) in [5.41, 5.74) is 1.08. The van der Waals surface area contributed by atoms with Gasteiger partial charge in [0.25, 0.3) is 0 Å². The largest absolute Gasteiger partial charge is 0.253 e. The lowest BCUT2D eigenvalue weighted by atomic mass is 10.2. The number of rotatable bonds is 2. The van der Waals surface area contributed by atoms with Gasteiger partial charge in [-0.05, 0) is 18.6 Å². The number of aryl methyl sites for hydroxylation is 1. The molecule has 0 spiro atoms. The Hall–Kier alpha value is -0.220.